The van der Waals surface area contributed by atoms with Crippen molar-refractivity contribution in [2.75, 3.05) is 0 Å². The van der Waals surface area contributed by atoms with Crippen LogP contribution in [0.1, 0.15) is 0 Å². The standard InChI is InChI=1S/C15H10BrN3O2/c16-15-13(7-4-8-14(15)19(20)21)18-12(9-10-17-18)11-5-2-1-3-6-11/h1-10H. The molecule has 3 aromatic rings. The summed E-state index contributed by atoms with van der Waals surface area (Å²) in [6.45, 7) is 0. The van der Waals surface area contributed by atoms with Crippen LogP contribution in [0.3, 0.4) is 0 Å². The molecular weight excluding hydrogens is 334 g/mol. The fourth-order valence-corrected chi connectivity index (χ4v) is 2.71. The number of rotatable bonds is 3. The summed E-state index contributed by atoms with van der Waals surface area (Å²) in [7, 11) is 0. The zero-order chi connectivity index (χ0) is 14.8. The molecule has 6 heteroatoms. The molecule has 5 nitrogen and oxygen atoms in total. The van der Waals surface area contributed by atoms with Crippen molar-refractivity contribution in [2.45, 2.75) is 0 Å². The fourth-order valence-electron chi connectivity index (χ4n) is 2.14. The summed E-state index contributed by atoms with van der Waals surface area (Å²) in [5, 5.41) is 15.3. The van der Waals surface area contributed by atoms with Crippen LogP contribution < -0.4 is 0 Å². The zero-order valence-electron chi connectivity index (χ0n) is 10.8. The first kappa shape index (κ1) is 13.5. The largest absolute Gasteiger partial charge is 0.285 e. The average molecular weight is 344 g/mol. The van der Waals surface area contributed by atoms with Gasteiger partial charge < -0.3 is 0 Å². The highest BCUT2D eigenvalue weighted by Gasteiger charge is 2.18. The Morgan fingerprint density at radius 3 is 2.52 bits per heavy atom. The Hall–Kier alpha value is -2.47. The highest BCUT2D eigenvalue weighted by Crippen LogP contribution is 2.33. The number of halogens is 1. The van der Waals surface area contributed by atoms with Crippen molar-refractivity contribution in [2.24, 2.45) is 0 Å². The lowest BCUT2D eigenvalue weighted by atomic mass is 10.1. The molecule has 2 aromatic carbocycles. The molecule has 0 saturated carbocycles. The molecule has 1 heterocycles. The van der Waals surface area contributed by atoms with Crippen LogP contribution in [0.15, 0.2) is 65.3 Å². The predicted octanol–water partition coefficient (Wildman–Crippen LogP) is 4.21. The molecule has 0 spiro atoms. The van der Waals surface area contributed by atoms with Crippen molar-refractivity contribution < 1.29 is 4.92 Å². The summed E-state index contributed by atoms with van der Waals surface area (Å²) in [4.78, 5) is 10.6. The second-order valence-corrected chi connectivity index (χ2v) is 5.15. The molecule has 21 heavy (non-hydrogen) atoms. The molecule has 3 rings (SSSR count). The number of nitro groups is 1. The third-order valence-corrected chi connectivity index (χ3v) is 3.91. The molecule has 0 unspecified atom stereocenters. The number of hydrogen-bond acceptors (Lipinski definition) is 3. The van der Waals surface area contributed by atoms with Gasteiger partial charge in [0.1, 0.15) is 4.47 Å². The molecule has 0 fully saturated rings. The molecule has 0 aliphatic rings. The number of hydrogen-bond donors (Lipinski definition) is 0. The van der Waals surface area contributed by atoms with Crippen LogP contribution in [0, 0.1) is 10.1 Å². The van der Waals surface area contributed by atoms with E-state index < -0.39 is 4.92 Å². The van der Waals surface area contributed by atoms with Gasteiger partial charge in [-0.05, 0) is 28.1 Å². The first-order chi connectivity index (χ1) is 10.2. The second kappa shape index (κ2) is 5.49. The molecule has 0 N–H and O–H groups in total. The highest BCUT2D eigenvalue weighted by atomic mass is 79.9. The van der Waals surface area contributed by atoms with Gasteiger partial charge >= 0.3 is 0 Å². The summed E-state index contributed by atoms with van der Waals surface area (Å²) in [5.74, 6) is 0. The van der Waals surface area contributed by atoms with Crippen LogP contribution in [0.2, 0.25) is 0 Å². The molecular formula is C15H10BrN3O2. The van der Waals surface area contributed by atoms with Crippen LogP contribution in [0.4, 0.5) is 5.69 Å². The number of aromatic nitrogens is 2. The smallest absolute Gasteiger partial charge is 0.258 e. The molecule has 0 amide bonds. The van der Waals surface area contributed by atoms with E-state index in [-0.39, 0.29) is 5.69 Å². The maximum absolute atomic E-state index is 11.0. The quantitative estimate of drug-likeness (QED) is 0.528. The van der Waals surface area contributed by atoms with Gasteiger partial charge in [0.05, 0.1) is 22.5 Å². The highest BCUT2D eigenvalue weighted by molar-refractivity contribution is 9.10. The van der Waals surface area contributed by atoms with Gasteiger partial charge in [-0.3, -0.25) is 10.1 Å². The number of benzene rings is 2. The minimum Gasteiger partial charge on any atom is -0.258 e. The van der Waals surface area contributed by atoms with E-state index in [9.17, 15) is 10.1 Å². The van der Waals surface area contributed by atoms with Gasteiger partial charge in [-0.1, -0.05) is 36.4 Å². The van der Waals surface area contributed by atoms with E-state index in [0.717, 1.165) is 11.3 Å². The van der Waals surface area contributed by atoms with Crippen LogP contribution in [0.5, 0.6) is 0 Å². The van der Waals surface area contributed by atoms with Crippen molar-refractivity contribution >= 4 is 21.6 Å². The van der Waals surface area contributed by atoms with Crippen LogP contribution in [-0.2, 0) is 0 Å². The van der Waals surface area contributed by atoms with Crippen molar-refractivity contribution in [3.05, 3.63) is 75.4 Å². The van der Waals surface area contributed by atoms with E-state index in [1.165, 1.54) is 6.07 Å². The number of nitrogens with zero attached hydrogens (tertiary/aromatic N) is 3. The van der Waals surface area contributed by atoms with Gasteiger partial charge in [-0.2, -0.15) is 5.10 Å². The molecule has 0 saturated heterocycles. The minimum absolute atomic E-state index is 0.0158. The minimum atomic E-state index is -0.417. The summed E-state index contributed by atoms with van der Waals surface area (Å²) in [6, 6.07) is 16.5. The van der Waals surface area contributed by atoms with Crippen molar-refractivity contribution in [3.8, 4) is 16.9 Å². The maximum Gasteiger partial charge on any atom is 0.285 e. The Bertz CT molecular complexity index is 800. The third-order valence-electron chi connectivity index (χ3n) is 3.10. The third kappa shape index (κ3) is 2.45. The molecule has 0 aliphatic carbocycles. The lowest BCUT2D eigenvalue weighted by Gasteiger charge is -2.09. The SMILES string of the molecule is O=[N+]([O-])c1cccc(-n2nccc2-c2ccccc2)c1Br. The molecule has 104 valence electrons. The second-order valence-electron chi connectivity index (χ2n) is 4.36. The normalized spacial score (nSPS) is 10.5. The molecule has 0 atom stereocenters. The van der Waals surface area contributed by atoms with E-state index >= 15 is 0 Å². The Morgan fingerprint density at radius 2 is 1.81 bits per heavy atom. The topological polar surface area (TPSA) is 61.0 Å². The van der Waals surface area contributed by atoms with Gasteiger partial charge in [0.15, 0.2) is 0 Å². The molecule has 1 aromatic heterocycles. The average Bonchev–Trinajstić information content (AvgIpc) is 2.97. The predicted molar refractivity (Wildman–Crippen MR) is 83.4 cm³/mol. The Morgan fingerprint density at radius 1 is 1.05 bits per heavy atom. The van der Waals surface area contributed by atoms with E-state index in [1.54, 1.807) is 23.0 Å². The van der Waals surface area contributed by atoms with Crippen molar-refractivity contribution in [3.63, 3.8) is 0 Å². The van der Waals surface area contributed by atoms with E-state index in [4.69, 9.17) is 0 Å². The Labute approximate surface area is 129 Å². The van der Waals surface area contributed by atoms with Crippen molar-refractivity contribution in [1.82, 2.24) is 9.78 Å². The summed E-state index contributed by atoms with van der Waals surface area (Å²) >= 11 is 3.31. The van der Waals surface area contributed by atoms with Crippen LogP contribution >= 0.6 is 15.9 Å². The van der Waals surface area contributed by atoms with Gasteiger partial charge in [0.25, 0.3) is 5.69 Å². The lowest BCUT2D eigenvalue weighted by molar-refractivity contribution is -0.385. The number of nitro benzene ring substituents is 1. The molecule has 0 bridgehead atoms. The maximum atomic E-state index is 11.0. The first-order valence-electron chi connectivity index (χ1n) is 6.21. The van der Waals surface area contributed by atoms with Gasteiger partial charge in [-0.25, -0.2) is 4.68 Å². The first-order valence-corrected chi connectivity index (χ1v) is 7.00. The molecule has 0 radical (unpaired) electrons. The monoisotopic (exact) mass is 343 g/mol. The van der Waals surface area contributed by atoms with Crippen LogP contribution in [-0.4, -0.2) is 14.7 Å². The molecule has 0 aliphatic heterocycles. The van der Waals surface area contributed by atoms with Gasteiger partial charge in [0.2, 0.25) is 0 Å². The van der Waals surface area contributed by atoms with Gasteiger partial charge in [-0.15, -0.1) is 0 Å². The summed E-state index contributed by atoms with van der Waals surface area (Å²) in [6.07, 6.45) is 1.67. The fraction of sp³-hybridized carbons (Fsp3) is 0. The van der Waals surface area contributed by atoms with E-state index in [2.05, 4.69) is 21.0 Å². The van der Waals surface area contributed by atoms with E-state index in [0.29, 0.717) is 10.2 Å². The summed E-state index contributed by atoms with van der Waals surface area (Å²) < 4.78 is 2.10. The lowest BCUT2D eigenvalue weighted by Crippen LogP contribution is -2.01. The zero-order valence-corrected chi connectivity index (χ0v) is 12.4. The van der Waals surface area contributed by atoms with Crippen molar-refractivity contribution in [1.29, 1.82) is 0 Å². The Balaban J connectivity index is 2.18. The summed E-state index contributed by atoms with van der Waals surface area (Å²) in [5.41, 5.74) is 2.51. The van der Waals surface area contributed by atoms with Crippen LogP contribution in [0.25, 0.3) is 16.9 Å². The Kier molecular flexibility index (Phi) is 3.53. The van der Waals surface area contributed by atoms with E-state index in [1.807, 2.05) is 36.4 Å². The van der Waals surface area contributed by atoms with Gasteiger partial charge in [0, 0.05) is 11.6 Å².